The second-order valence-corrected chi connectivity index (χ2v) is 6.91. The van der Waals surface area contributed by atoms with Gasteiger partial charge in [-0.1, -0.05) is 18.8 Å². The molecule has 5 heteroatoms. The summed E-state index contributed by atoms with van der Waals surface area (Å²) in [6, 6.07) is 15.4. The topological polar surface area (TPSA) is 50.8 Å². The largest absolute Gasteiger partial charge is 0.494 e. The van der Waals surface area contributed by atoms with Gasteiger partial charge in [0.05, 0.1) is 19.8 Å². The van der Waals surface area contributed by atoms with Crippen LogP contribution >= 0.6 is 0 Å². The lowest BCUT2D eigenvalue weighted by molar-refractivity contribution is -0.115. The van der Waals surface area contributed by atoms with Crippen LogP contribution in [0.2, 0.25) is 0 Å². The maximum Gasteiger partial charge on any atom is 0.224 e. The highest BCUT2D eigenvalue weighted by Crippen LogP contribution is 2.13. The van der Waals surface area contributed by atoms with Crippen LogP contribution in [0.15, 0.2) is 48.5 Å². The number of hydrogen-bond donors (Lipinski definition) is 1. The predicted octanol–water partition coefficient (Wildman–Crippen LogP) is 3.54. The van der Waals surface area contributed by atoms with Crippen LogP contribution in [-0.2, 0) is 9.53 Å². The Balaban J connectivity index is 1.43. The Morgan fingerprint density at radius 3 is 2.28 bits per heavy atom. The highest BCUT2D eigenvalue weighted by Gasteiger charge is 2.09. The Hall–Kier alpha value is -2.81. The summed E-state index contributed by atoms with van der Waals surface area (Å²) in [5.41, 5.74) is 2.63. The first kappa shape index (κ1) is 20.9. The second kappa shape index (κ2) is 11.3. The van der Waals surface area contributed by atoms with Gasteiger partial charge in [0.15, 0.2) is 0 Å². The van der Waals surface area contributed by atoms with Crippen LogP contribution in [0.1, 0.15) is 30.9 Å². The molecular weight excluding hydrogens is 364 g/mol. The summed E-state index contributed by atoms with van der Waals surface area (Å²) < 4.78 is 11.2. The number of benzene rings is 2. The van der Waals surface area contributed by atoms with Gasteiger partial charge in [-0.05, 0) is 55.0 Å². The van der Waals surface area contributed by atoms with Gasteiger partial charge in [0.25, 0.3) is 0 Å². The molecule has 3 rings (SSSR count). The van der Waals surface area contributed by atoms with Crippen molar-refractivity contribution < 1.29 is 14.3 Å². The summed E-state index contributed by atoms with van der Waals surface area (Å²) in [4.78, 5) is 13.8. The minimum atomic E-state index is 0.00670. The lowest BCUT2D eigenvalue weighted by Crippen LogP contribution is -2.37. The molecule has 0 aliphatic carbocycles. The molecule has 0 aromatic heterocycles. The van der Waals surface area contributed by atoms with Crippen molar-refractivity contribution in [1.82, 2.24) is 4.90 Å². The zero-order chi connectivity index (χ0) is 20.3. The van der Waals surface area contributed by atoms with E-state index in [0.717, 1.165) is 61.8 Å². The molecule has 1 saturated heterocycles. The standard InChI is InChI=1S/C24H28N2O3/c1-2-24(27)25-22-10-6-20(7-11-22)4-5-21-8-12-23(13-9-21)29-17-3-14-26-15-18-28-19-16-26/h6-13H,2-3,14-19H2,1H3,(H,25,27). The zero-order valence-electron chi connectivity index (χ0n) is 16.9. The van der Waals surface area contributed by atoms with Crippen molar-refractivity contribution in [2.24, 2.45) is 0 Å². The van der Waals surface area contributed by atoms with Crippen LogP contribution in [0.5, 0.6) is 5.75 Å². The summed E-state index contributed by atoms with van der Waals surface area (Å²) in [6.45, 7) is 7.30. The van der Waals surface area contributed by atoms with Gasteiger partial charge in [-0.15, -0.1) is 0 Å². The van der Waals surface area contributed by atoms with Gasteiger partial charge < -0.3 is 14.8 Å². The number of rotatable bonds is 7. The van der Waals surface area contributed by atoms with Crippen LogP contribution in [0.25, 0.3) is 0 Å². The molecule has 5 nitrogen and oxygen atoms in total. The highest BCUT2D eigenvalue weighted by atomic mass is 16.5. The van der Waals surface area contributed by atoms with Gasteiger partial charge in [0.2, 0.25) is 5.91 Å². The van der Waals surface area contributed by atoms with Gasteiger partial charge in [-0.3, -0.25) is 9.69 Å². The van der Waals surface area contributed by atoms with Gasteiger partial charge in [-0.25, -0.2) is 0 Å². The molecule has 1 aliphatic rings. The van der Waals surface area contributed by atoms with E-state index in [1.807, 2.05) is 55.5 Å². The number of anilines is 1. The van der Waals surface area contributed by atoms with Crippen molar-refractivity contribution in [1.29, 1.82) is 0 Å². The maximum absolute atomic E-state index is 11.4. The third kappa shape index (κ3) is 7.26. The summed E-state index contributed by atoms with van der Waals surface area (Å²) >= 11 is 0. The number of carbonyl (C=O) groups excluding carboxylic acids is 1. The lowest BCUT2D eigenvalue weighted by atomic mass is 10.1. The maximum atomic E-state index is 11.4. The van der Waals surface area contributed by atoms with E-state index in [0.29, 0.717) is 13.0 Å². The molecule has 1 heterocycles. The number of nitrogens with zero attached hydrogens (tertiary/aromatic N) is 1. The fraction of sp³-hybridized carbons (Fsp3) is 0.375. The molecule has 0 bridgehead atoms. The van der Waals surface area contributed by atoms with Crippen molar-refractivity contribution in [2.45, 2.75) is 19.8 Å². The van der Waals surface area contributed by atoms with Gasteiger partial charge in [-0.2, -0.15) is 0 Å². The van der Waals surface area contributed by atoms with Crippen molar-refractivity contribution in [3.63, 3.8) is 0 Å². The number of nitrogens with one attached hydrogen (secondary N) is 1. The molecule has 1 amide bonds. The molecule has 0 spiro atoms. The number of hydrogen-bond acceptors (Lipinski definition) is 4. The average Bonchev–Trinajstić information content (AvgIpc) is 2.77. The normalized spacial score (nSPS) is 14.0. The SMILES string of the molecule is CCC(=O)Nc1ccc(C#Cc2ccc(OCCCN3CCOCC3)cc2)cc1. The van der Waals surface area contributed by atoms with Gasteiger partial charge in [0.1, 0.15) is 5.75 Å². The smallest absolute Gasteiger partial charge is 0.224 e. The fourth-order valence-corrected chi connectivity index (χ4v) is 2.97. The Labute approximate surface area is 173 Å². The van der Waals surface area contributed by atoms with E-state index in [1.54, 1.807) is 0 Å². The molecule has 1 aliphatic heterocycles. The Morgan fingerprint density at radius 2 is 1.66 bits per heavy atom. The molecule has 0 radical (unpaired) electrons. The fourth-order valence-electron chi connectivity index (χ4n) is 2.97. The Morgan fingerprint density at radius 1 is 1.03 bits per heavy atom. The highest BCUT2D eigenvalue weighted by molar-refractivity contribution is 5.90. The van der Waals surface area contributed by atoms with E-state index in [4.69, 9.17) is 9.47 Å². The van der Waals surface area contributed by atoms with Crippen LogP contribution in [0, 0.1) is 11.8 Å². The minimum Gasteiger partial charge on any atom is -0.494 e. The molecule has 0 unspecified atom stereocenters. The van der Waals surface area contributed by atoms with Crippen LogP contribution in [0.3, 0.4) is 0 Å². The summed E-state index contributed by atoms with van der Waals surface area (Å²) in [5, 5.41) is 2.83. The summed E-state index contributed by atoms with van der Waals surface area (Å²) in [7, 11) is 0. The summed E-state index contributed by atoms with van der Waals surface area (Å²) in [5.74, 6) is 7.18. The first-order valence-corrected chi connectivity index (χ1v) is 10.2. The third-order valence-corrected chi connectivity index (χ3v) is 4.69. The van der Waals surface area contributed by atoms with Crippen LogP contribution < -0.4 is 10.1 Å². The zero-order valence-corrected chi connectivity index (χ0v) is 16.9. The minimum absolute atomic E-state index is 0.00670. The monoisotopic (exact) mass is 392 g/mol. The molecular formula is C24H28N2O3. The van der Waals surface area contributed by atoms with Crippen molar-refractivity contribution in [3.05, 3.63) is 59.7 Å². The number of morpholine rings is 1. The second-order valence-electron chi connectivity index (χ2n) is 6.91. The van der Waals surface area contributed by atoms with Gasteiger partial charge >= 0.3 is 0 Å². The third-order valence-electron chi connectivity index (χ3n) is 4.69. The molecule has 2 aromatic carbocycles. The van der Waals surface area contributed by atoms with E-state index in [1.165, 1.54) is 0 Å². The molecule has 0 atom stereocenters. The number of carbonyl (C=O) groups is 1. The van der Waals surface area contributed by atoms with Crippen LogP contribution in [-0.4, -0.2) is 50.3 Å². The van der Waals surface area contributed by atoms with Crippen molar-refractivity contribution in [2.75, 3.05) is 44.8 Å². The number of ether oxygens (including phenoxy) is 2. The summed E-state index contributed by atoms with van der Waals surface area (Å²) in [6.07, 6.45) is 1.48. The van der Waals surface area contributed by atoms with E-state index < -0.39 is 0 Å². The van der Waals surface area contributed by atoms with Gasteiger partial charge in [0, 0.05) is 42.9 Å². The molecule has 29 heavy (non-hydrogen) atoms. The first-order valence-electron chi connectivity index (χ1n) is 10.2. The molecule has 2 aromatic rings. The Kier molecular flexibility index (Phi) is 8.12. The van der Waals surface area contributed by atoms with E-state index >= 15 is 0 Å². The molecule has 1 N–H and O–H groups in total. The Bertz CT molecular complexity index is 829. The average molecular weight is 392 g/mol. The molecule has 0 saturated carbocycles. The quantitative estimate of drug-likeness (QED) is 0.578. The van der Waals surface area contributed by atoms with E-state index in [9.17, 15) is 4.79 Å². The molecule has 1 fully saturated rings. The van der Waals surface area contributed by atoms with E-state index in [-0.39, 0.29) is 5.91 Å². The first-order chi connectivity index (χ1) is 14.2. The van der Waals surface area contributed by atoms with Crippen molar-refractivity contribution in [3.8, 4) is 17.6 Å². The lowest BCUT2D eigenvalue weighted by Gasteiger charge is -2.26. The predicted molar refractivity (Wildman–Crippen MR) is 115 cm³/mol. The van der Waals surface area contributed by atoms with Crippen LogP contribution in [0.4, 0.5) is 5.69 Å². The van der Waals surface area contributed by atoms with Crippen molar-refractivity contribution >= 4 is 11.6 Å². The number of amides is 1. The molecule has 152 valence electrons. The van der Waals surface area contributed by atoms with E-state index in [2.05, 4.69) is 22.1 Å².